The Morgan fingerprint density at radius 2 is 1.29 bits per heavy atom. The van der Waals surface area contributed by atoms with Crippen LogP contribution in [0.2, 0.25) is 0 Å². The highest BCUT2D eigenvalue weighted by Crippen LogP contribution is 2.23. The van der Waals surface area contributed by atoms with E-state index in [-0.39, 0.29) is 17.8 Å². The van der Waals surface area contributed by atoms with E-state index in [1.807, 2.05) is 24.3 Å². The number of carbonyl (C=O) groups excluding carboxylic acids is 2. The summed E-state index contributed by atoms with van der Waals surface area (Å²) in [6.07, 6.45) is 0. The van der Waals surface area contributed by atoms with Crippen molar-refractivity contribution in [3.05, 3.63) is 95.3 Å². The number of hydrogen-bond acceptors (Lipinski definition) is 2. The van der Waals surface area contributed by atoms with Gasteiger partial charge in [0, 0.05) is 30.0 Å². The Balaban J connectivity index is 1.36. The van der Waals surface area contributed by atoms with Crippen LogP contribution in [0.4, 0.5) is 20.6 Å². The fourth-order valence-electron chi connectivity index (χ4n) is 3.12. The van der Waals surface area contributed by atoms with E-state index in [1.54, 1.807) is 29.2 Å². The van der Waals surface area contributed by atoms with E-state index in [0.717, 1.165) is 11.1 Å². The Hall–Kier alpha value is -3.67. The maximum Gasteiger partial charge on any atom is 0.322 e. The number of benzene rings is 3. The summed E-state index contributed by atoms with van der Waals surface area (Å²) < 4.78 is 12.9. The van der Waals surface area contributed by atoms with Crippen molar-refractivity contribution in [1.29, 1.82) is 0 Å². The van der Waals surface area contributed by atoms with Gasteiger partial charge in [-0.3, -0.25) is 4.79 Å². The third-order valence-corrected chi connectivity index (χ3v) is 4.63. The number of nitrogens with one attached hydrogen (secondary N) is 2. The first-order valence-corrected chi connectivity index (χ1v) is 8.88. The van der Waals surface area contributed by atoms with Crippen LogP contribution in [-0.4, -0.2) is 16.8 Å². The number of hydrogen-bond donors (Lipinski definition) is 2. The molecule has 1 aliphatic heterocycles. The van der Waals surface area contributed by atoms with E-state index in [4.69, 9.17) is 0 Å². The second-order valence-electron chi connectivity index (χ2n) is 6.59. The van der Waals surface area contributed by atoms with Crippen molar-refractivity contribution >= 4 is 23.3 Å². The highest BCUT2D eigenvalue weighted by molar-refractivity contribution is 6.04. The van der Waals surface area contributed by atoms with Gasteiger partial charge in [-0.2, -0.15) is 0 Å². The fourth-order valence-corrected chi connectivity index (χ4v) is 3.12. The maximum absolute atomic E-state index is 12.9. The van der Waals surface area contributed by atoms with Crippen molar-refractivity contribution in [2.75, 3.05) is 10.6 Å². The summed E-state index contributed by atoms with van der Waals surface area (Å²) in [4.78, 5) is 26.5. The Morgan fingerprint density at radius 1 is 0.750 bits per heavy atom. The lowest BCUT2D eigenvalue weighted by Gasteiger charge is -2.16. The summed E-state index contributed by atoms with van der Waals surface area (Å²) in [6.45, 7) is 1.17. The molecule has 4 rings (SSSR count). The van der Waals surface area contributed by atoms with Crippen LogP contribution in [0.5, 0.6) is 0 Å². The first kappa shape index (κ1) is 17.7. The van der Waals surface area contributed by atoms with Gasteiger partial charge in [0.2, 0.25) is 0 Å². The third-order valence-electron chi connectivity index (χ3n) is 4.63. The van der Waals surface area contributed by atoms with Crippen LogP contribution in [0.25, 0.3) is 0 Å². The molecule has 0 saturated heterocycles. The molecule has 1 aliphatic rings. The van der Waals surface area contributed by atoms with Gasteiger partial charge in [-0.25, -0.2) is 9.18 Å². The van der Waals surface area contributed by atoms with Crippen LogP contribution in [0.3, 0.4) is 0 Å². The number of anilines is 2. The molecule has 0 unspecified atom stereocenters. The summed E-state index contributed by atoms with van der Waals surface area (Å²) >= 11 is 0. The molecule has 0 bridgehead atoms. The number of halogens is 1. The second kappa shape index (κ2) is 7.52. The summed E-state index contributed by atoms with van der Waals surface area (Å²) in [7, 11) is 0. The van der Waals surface area contributed by atoms with Crippen molar-refractivity contribution in [1.82, 2.24) is 4.90 Å². The molecule has 0 aromatic heterocycles. The van der Waals surface area contributed by atoms with Gasteiger partial charge in [0.25, 0.3) is 5.91 Å². The van der Waals surface area contributed by atoms with Crippen LogP contribution in [0, 0.1) is 5.82 Å². The van der Waals surface area contributed by atoms with Crippen molar-refractivity contribution in [2.45, 2.75) is 13.1 Å². The lowest BCUT2D eigenvalue weighted by Crippen LogP contribution is -2.30. The number of amides is 3. The topological polar surface area (TPSA) is 61.4 Å². The van der Waals surface area contributed by atoms with Gasteiger partial charge in [0.1, 0.15) is 5.82 Å². The minimum atomic E-state index is -0.362. The molecule has 28 heavy (non-hydrogen) atoms. The van der Waals surface area contributed by atoms with E-state index in [0.29, 0.717) is 30.0 Å². The lowest BCUT2D eigenvalue weighted by atomic mass is 10.1. The van der Waals surface area contributed by atoms with Crippen LogP contribution < -0.4 is 10.6 Å². The Bertz CT molecular complexity index is 992. The molecule has 0 aliphatic carbocycles. The third kappa shape index (κ3) is 3.86. The van der Waals surface area contributed by atoms with Gasteiger partial charge in [0.05, 0.1) is 0 Å². The minimum Gasteiger partial charge on any atom is -0.322 e. The molecule has 2 N–H and O–H groups in total. The zero-order valence-electron chi connectivity index (χ0n) is 15.0. The molecular weight excluding hydrogens is 357 g/mol. The van der Waals surface area contributed by atoms with E-state index in [1.165, 1.54) is 24.3 Å². The first-order chi connectivity index (χ1) is 13.6. The number of fused-ring (bicyclic) bond motifs is 1. The SMILES string of the molecule is O=C(Nc1ccc(F)cc1)c1ccc(NC(=O)N2Cc3ccccc3C2)cc1. The quantitative estimate of drug-likeness (QED) is 0.701. The maximum atomic E-state index is 12.9. The van der Waals surface area contributed by atoms with Gasteiger partial charge in [0.15, 0.2) is 0 Å². The molecule has 0 radical (unpaired) electrons. The summed E-state index contributed by atoms with van der Waals surface area (Å²) in [5.74, 6) is -0.668. The van der Waals surface area contributed by atoms with Gasteiger partial charge < -0.3 is 15.5 Å². The van der Waals surface area contributed by atoms with Gasteiger partial charge in [-0.05, 0) is 59.7 Å². The van der Waals surface area contributed by atoms with Gasteiger partial charge in [-0.15, -0.1) is 0 Å². The molecule has 3 aromatic rings. The van der Waals surface area contributed by atoms with Crippen molar-refractivity contribution in [3.8, 4) is 0 Å². The molecular formula is C22H18FN3O2. The number of nitrogens with zero attached hydrogens (tertiary/aromatic N) is 1. The molecule has 0 fully saturated rings. The highest BCUT2D eigenvalue weighted by atomic mass is 19.1. The van der Waals surface area contributed by atoms with Crippen molar-refractivity contribution < 1.29 is 14.0 Å². The zero-order valence-corrected chi connectivity index (χ0v) is 15.0. The minimum absolute atomic E-state index is 0.181. The fraction of sp³-hybridized carbons (Fsp3) is 0.0909. The lowest BCUT2D eigenvalue weighted by molar-refractivity contribution is 0.102. The van der Waals surface area contributed by atoms with Gasteiger partial charge >= 0.3 is 6.03 Å². The normalized spacial score (nSPS) is 12.4. The van der Waals surface area contributed by atoms with E-state index < -0.39 is 0 Å². The van der Waals surface area contributed by atoms with E-state index >= 15 is 0 Å². The van der Waals surface area contributed by atoms with Crippen LogP contribution in [0.15, 0.2) is 72.8 Å². The highest BCUT2D eigenvalue weighted by Gasteiger charge is 2.22. The largest absolute Gasteiger partial charge is 0.322 e. The average Bonchev–Trinajstić information content (AvgIpc) is 3.15. The molecule has 5 nitrogen and oxygen atoms in total. The Morgan fingerprint density at radius 3 is 1.89 bits per heavy atom. The van der Waals surface area contributed by atoms with E-state index in [9.17, 15) is 14.0 Å². The first-order valence-electron chi connectivity index (χ1n) is 8.88. The van der Waals surface area contributed by atoms with Crippen LogP contribution in [0.1, 0.15) is 21.5 Å². The second-order valence-corrected chi connectivity index (χ2v) is 6.59. The van der Waals surface area contributed by atoms with Crippen molar-refractivity contribution in [2.24, 2.45) is 0 Å². The number of urea groups is 1. The number of rotatable bonds is 3. The molecule has 3 amide bonds. The van der Waals surface area contributed by atoms with Gasteiger partial charge in [-0.1, -0.05) is 24.3 Å². The van der Waals surface area contributed by atoms with Crippen molar-refractivity contribution in [3.63, 3.8) is 0 Å². The average molecular weight is 375 g/mol. The zero-order chi connectivity index (χ0) is 19.5. The summed E-state index contributed by atoms with van der Waals surface area (Å²) in [5.41, 5.74) is 3.88. The predicted octanol–water partition coefficient (Wildman–Crippen LogP) is 4.63. The number of carbonyl (C=O) groups is 2. The molecule has 3 aromatic carbocycles. The molecule has 1 heterocycles. The standard InChI is InChI=1S/C22H18FN3O2/c23-18-7-11-19(12-8-18)24-21(27)15-5-9-20(10-6-15)25-22(28)26-13-16-3-1-2-4-17(16)14-26/h1-12H,13-14H2,(H,24,27)(H,25,28). The monoisotopic (exact) mass is 375 g/mol. The Labute approximate surface area is 161 Å². The van der Waals surface area contributed by atoms with Crippen LogP contribution in [-0.2, 0) is 13.1 Å². The summed E-state index contributed by atoms with van der Waals surface area (Å²) in [5, 5.41) is 5.55. The Kier molecular flexibility index (Phi) is 4.76. The van der Waals surface area contributed by atoms with Crippen LogP contribution >= 0.6 is 0 Å². The summed E-state index contributed by atoms with van der Waals surface area (Å²) in [6, 6.07) is 20.0. The molecule has 6 heteroatoms. The molecule has 0 saturated carbocycles. The molecule has 140 valence electrons. The smallest absolute Gasteiger partial charge is 0.322 e. The molecule has 0 spiro atoms. The predicted molar refractivity (Wildman–Crippen MR) is 106 cm³/mol. The van der Waals surface area contributed by atoms with E-state index in [2.05, 4.69) is 10.6 Å². The molecule has 0 atom stereocenters.